The van der Waals surface area contributed by atoms with Crippen LogP contribution in [0.1, 0.15) is 36.2 Å². The molecule has 1 aliphatic heterocycles. The summed E-state index contributed by atoms with van der Waals surface area (Å²) in [6, 6.07) is 12.9. The Labute approximate surface area is 234 Å². The van der Waals surface area contributed by atoms with E-state index in [9.17, 15) is 28.7 Å². The normalized spacial score (nSPS) is 15.5. The first-order valence-electron chi connectivity index (χ1n) is 12.6. The third-order valence-electron chi connectivity index (χ3n) is 6.56. The summed E-state index contributed by atoms with van der Waals surface area (Å²) in [5.74, 6) is -1.62. The standard InChI is InChI=1S/C28H29FN4O6S/c1-2-39-22-8-5-19(6-9-22)25(14-28(37)38)32(17-34)21-13-27(36)31(16-21)26-12-20(7-10-24(26)29)33(18-35)30-15-23-4-3-11-40-23/h3-12,17-18,21,25,30H,2,13-16H2,1H3,(H,37,38). The van der Waals surface area contributed by atoms with Gasteiger partial charge in [-0.25, -0.2) is 14.8 Å². The van der Waals surface area contributed by atoms with E-state index in [1.165, 1.54) is 44.3 Å². The molecule has 4 rings (SSSR count). The highest BCUT2D eigenvalue weighted by Gasteiger charge is 2.39. The number of anilines is 2. The van der Waals surface area contributed by atoms with Gasteiger partial charge in [-0.1, -0.05) is 18.2 Å². The Morgan fingerprint density at radius 1 is 1.23 bits per heavy atom. The maximum absolute atomic E-state index is 15.0. The van der Waals surface area contributed by atoms with Crippen LogP contribution in [0.5, 0.6) is 5.75 Å². The van der Waals surface area contributed by atoms with E-state index in [0.717, 1.165) is 4.88 Å². The van der Waals surface area contributed by atoms with Gasteiger partial charge in [0.25, 0.3) is 0 Å². The molecule has 0 saturated carbocycles. The minimum atomic E-state index is -1.12. The molecule has 1 fully saturated rings. The van der Waals surface area contributed by atoms with E-state index in [1.54, 1.807) is 24.3 Å². The number of carbonyl (C=O) groups excluding carboxylic acids is 3. The van der Waals surface area contributed by atoms with Crippen LogP contribution in [0.3, 0.4) is 0 Å². The number of thiophene rings is 1. The highest BCUT2D eigenvalue weighted by molar-refractivity contribution is 7.09. The van der Waals surface area contributed by atoms with Gasteiger partial charge in [-0.15, -0.1) is 11.3 Å². The lowest BCUT2D eigenvalue weighted by atomic mass is 10.00. The van der Waals surface area contributed by atoms with Crippen LogP contribution in [-0.4, -0.2) is 53.9 Å². The number of carboxylic acid groups (broad SMARTS) is 1. The second-order valence-corrected chi connectivity index (χ2v) is 10.1. The molecule has 3 aromatic rings. The zero-order valence-electron chi connectivity index (χ0n) is 21.7. The Morgan fingerprint density at radius 3 is 2.62 bits per heavy atom. The van der Waals surface area contributed by atoms with E-state index in [2.05, 4.69) is 5.43 Å². The van der Waals surface area contributed by atoms with Crippen molar-refractivity contribution in [3.63, 3.8) is 0 Å². The quantitative estimate of drug-likeness (QED) is 0.225. The number of hydrogen-bond donors (Lipinski definition) is 2. The molecule has 40 heavy (non-hydrogen) atoms. The molecule has 2 heterocycles. The van der Waals surface area contributed by atoms with E-state index < -0.39 is 29.8 Å². The fourth-order valence-electron chi connectivity index (χ4n) is 4.67. The molecule has 210 valence electrons. The second-order valence-electron chi connectivity index (χ2n) is 9.06. The predicted molar refractivity (Wildman–Crippen MR) is 147 cm³/mol. The van der Waals surface area contributed by atoms with Crippen LogP contribution in [0.4, 0.5) is 15.8 Å². The van der Waals surface area contributed by atoms with E-state index in [4.69, 9.17) is 4.74 Å². The Balaban J connectivity index is 1.56. The number of halogens is 1. The van der Waals surface area contributed by atoms with Gasteiger partial charge < -0.3 is 19.6 Å². The summed E-state index contributed by atoms with van der Waals surface area (Å²) < 4.78 is 20.4. The number of nitrogens with one attached hydrogen (secondary N) is 1. The van der Waals surface area contributed by atoms with Crippen LogP contribution < -0.4 is 20.1 Å². The van der Waals surface area contributed by atoms with E-state index in [-0.39, 0.29) is 25.1 Å². The van der Waals surface area contributed by atoms with Crippen molar-refractivity contribution in [3.05, 3.63) is 76.2 Å². The molecule has 10 nitrogen and oxygen atoms in total. The fourth-order valence-corrected chi connectivity index (χ4v) is 5.31. The van der Waals surface area contributed by atoms with Crippen molar-refractivity contribution in [1.29, 1.82) is 0 Å². The topological polar surface area (TPSA) is 119 Å². The Morgan fingerprint density at radius 2 is 2.00 bits per heavy atom. The first-order chi connectivity index (χ1) is 19.3. The van der Waals surface area contributed by atoms with Gasteiger partial charge >= 0.3 is 5.97 Å². The zero-order valence-corrected chi connectivity index (χ0v) is 22.6. The van der Waals surface area contributed by atoms with Gasteiger partial charge in [0, 0.05) is 24.4 Å². The molecule has 1 saturated heterocycles. The van der Waals surface area contributed by atoms with Gasteiger partial charge in [0.05, 0.1) is 36.5 Å². The van der Waals surface area contributed by atoms with Crippen molar-refractivity contribution in [2.24, 2.45) is 0 Å². The molecule has 0 aliphatic carbocycles. The van der Waals surface area contributed by atoms with E-state index in [0.29, 0.717) is 43.0 Å². The molecule has 2 aromatic carbocycles. The molecule has 2 atom stereocenters. The Hall–Kier alpha value is -4.29. The van der Waals surface area contributed by atoms with Crippen LogP contribution in [0.2, 0.25) is 0 Å². The maximum Gasteiger partial charge on any atom is 0.305 e. The van der Waals surface area contributed by atoms with Crippen LogP contribution in [-0.2, 0) is 25.7 Å². The summed E-state index contributed by atoms with van der Waals surface area (Å²) >= 11 is 1.51. The molecule has 0 spiro atoms. The number of ether oxygens (including phenoxy) is 1. The number of hydrazine groups is 1. The molecular weight excluding hydrogens is 539 g/mol. The lowest BCUT2D eigenvalue weighted by molar-refractivity contribution is -0.139. The minimum absolute atomic E-state index is 0.0449. The van der Waals surface area contributed by atoms with Crippen LogP contribution in [0, 0.1) is 5.82 Å². The number of nitrogens with zero attached hydrogens (tertiary/aromatic N) is 3. The number of benzene rings is 2. The molecule has 1 aromatic heterocycles. The highest BCUT2D eigenvalue weighted by atomic mass is 32.1. The number of hydrogen-bond acceptors (Lipinski definition) is 7. The molecule has 2 N–H and O–H groups in total. The molecule has 3 amide bonds. The predicted octanol–water partition coefficient (Wildman–Crippen LogP) is 3.73. The summed E-state index contributed by atoms with van der Waals surface area (Å²) in [5.41, 5.74) is 3.81. The summed E-state index contributed by atoms with van der Waals surface area (Å²) in [4.78, 5) is 52.4. The van der Waals surface area contributed by atoms with Crippen LogP contribution >= 0.6 is 11.3 Å². The van der Waals surface area contributed by atoms with Gasteiger partial charge in [0.1, 0.15) is 11.6 Å². The lowest BCUT2D eigenvalue weighted by Gasteiger charge is -2.32. The van der Waals surface area contributed by atoms with E-state index >= 15 is 0 Å². The van der Waals surface area contributed by atoms with Crippen molar-refractivity contribution >= 4 is 47.4 Å². The van der Waals surface area contributed by atoms with Gasteiger partial charge in [-0.05, 0) is 54.3 Å². The number of carbonyl (C=O) groups is 4. The fraction of sp³-hybridized carbons (Fsp3) is 0.286. The van der Waals surface area contributed by atoms with Crippen LogP contribution in [0.15, 0.2) is 60.0 Å². The largest absolute Gasteiger partial charge is 0.494 e. The summed E-state index contributed by atoms with van der Waals surface area (Å²) in [7, 11) is 0. The van der Waals surface area contributed by atoms with Crippen molar-refractivity contribution in [2.75, 3.05) is 23.1 Å². The summed E-state index contributed by atoms with van der Waals surface area (Å²) in [5, 5.41) is 12.7. The van der Waals surface area contributed by atoms with E-state index in [1.807, 2.05) is 24.4 Å². The summed E-state index contributed by atoms with van der Waals surface area (Å²) in [6.45, 7) is 2.63. The third kappa shape index (κ3) is 6.64. The molecule has 0 radical (unpaired) electrons. The molecule has 1 aliphatic rings. The minimum Gasteiger partial charge on any atom is -0.494 e. The third-order valence-corrected chi connectivity index (χ3v) is 7.44. The highest BCUT2D eigenvalue weighted by Crippen LogP contribution is 2.34. The first kappa shape index (κ1) is 28.7. The molecule has 2 unspecified atom stereocenters. The van der Waals surface area contributed by atoms with Crippen molar-refractivity contribution < 1.29 is 33.4 Å². The zero-order chi connectivity index (χ0) is 28.6. The lowest BCUT2D eigenvalue weighted by Crippen LogP contribution is -2.40. The molecule has 0 bridgehead atoms. The Bertz CT molecular complexity index is 1340. The second kappa shape index (κ2) is 13.2. The molecule has 12 heteroatoms. The SMILES string of the molecule is CCOc1ccc(C(CC(=O)O)N(C=O)C2CC(=O)N(c3cc(N(C=O)NCc4cccs4)ccc3F)C2)cc1. The van der Waals surface area contributed by atoms with Crippen LogP contribution in [0.25, 0.3) is 0 Å². The van der Waals surface area contributed by atoms with Gasteiger partial charge in [-0.2, -0.15) is 0 Å². The number of carboxylic acids is 1. The molecular formula is C28H29FN4O6S. The van der Waals surface area contributed by atoms with Crippen molar-refractivity contribution in [3.8, 4) is 5.75 Å². The van der Waals surface area contributed by atoms with Gasteiger partial charge in [0.2, 0.25) is 18.7 Å². The van der Waals surface area contributed by atoms with Crippen molar-refractivity contribution in [2.45, 2.75) is 38.4 Å². The van der Waals surface area contributed by atoms with Gasteiger partial charge in [-0.3, -0.25) is 19.2 Å². The monoisotopic (exact) mass is 568 g/mol. The average Bonchev–Trinajstić information content (AvgIpc) is 3.60. The van der Waals surface area contributed by atoms with Gasteiger partial charge in [0.15, 0.2) is 0 Å². The number of rotatable bonds is 14. The Kier molecular flexibility index (Phi) is 9.46. The number of aliphatic carboxylic acids is 1. The smallest absolute Gasteiger partial charge is 0.305 e. The number of amides is 3. The maximum atomic E-state index is 15.0. The average molecular weight is 569 g/mol. The first-order valence-corrected chi connectivity index (χ1v) is 13.5. The van der Waals surface area contributed by atoms with Crippen molar-refractivity contribution in [1.82, 2.24) is 10.3 Å². The summed E-state index contributed by atoms with van der Waals surface area (Å²) in [6.07, 6.45) is 0.580.